The molecule has 0 aliphatic carbocycles. The number of aliphatic hydroxyl groups is 1. The molecule has 3 aliphatic heterocycles. The number of halogens is 1. The van der Waals surface area contributed by atoms with Crippen LogP contribution >= 0.6 is 0 Å². The molecule has 1 N–H and O–H groups in total. The van der Waals surface area contributed by atoms with Gasteiger partial charge in [0.25, 0.3) is 5.91 Å². The van der Waals surface area contributed by atoms with E-state index in [4.69, 9.17) is 4.74 Å². The molecule has 0 saturated carbocycles. The molecule has 2 fully saturated rings. The summed E-state index contributed by atoms with van der Waals surface area (Å²) in [5, 5.41) is 17.6. The van der Waals surface area contributed by atoms with Crippen LogP contribution in [0.2, 0.25) is 18.6 Å². The zero-order chi connectivity index (χ0) is 33.2. The zero-order valence-corrected chi connectivity index (χ0v) is 29.3. The normalized spacial score (nSPS) is 25.1. The molecule has 1 aromatic carbocycles. The standard InChI is InChI=1S/C35H50FN5O4Si/c1-24(2)10-9-11-25(3)15-20-41-30-14-13-28(40-18-8-7-12-32(40)43)22-29(30)35(34(41)44)26(4)33(46(5,6)36)31(45-35)16-19-39-23-27(17-21-42)37-38-39/h10,13-15,22-23,26,31,33,42H,7-9,11-12,16-21H2,1-6H3/b25-15+/t26-,31+,33-,35+/m0/s1. The van der Waals surface area contributed by atoms with Crippen molar-refractivity contribution in [2.75, 3.05) is 29.5 Å². The maximum atomic E-state index is 16.3. The largest absolute Gasteiger partial charge is 0.396 e. The lowest BCUT2D eigenvalue weighted by molar-refractivity contribution is -0.145. The first kappa shape index (κ1) is 34.2. The Hall–Kier alpha value is -3.15. The van der Waals surface area contributed by atoms with Crippen molar-refractivity contribution < 1.29 is 23.5 Å². The van der Waals surface area contributed by atoms with Crippen LogP contribution in [0.1, 0.15) is 77.5 Å². The average molecular weight is 652 g/mol. The molecule has 4 heterocycles. The van der Waals surface area contributed by atoms with Crippen molar-refractivity contribution >= 4 is 31.6 Å². The van der Waals surface area contributed by atoms with Crippen LogP contribution in [-0.4, -0.2) is 66.1 Å². The Kier molecular flexibility index (Phi) is 10.3. The zero-order valence-electron chi connectivity index (χ0n) is 28.3. The van der Waals surface area contributed by atoms with E-state index >= 15 is 4.11 Å². The minimum Gasteiger partial charge on any atom is -0.396 e. The number of hydrogen-bond acceptors (Lipinski definition) is 6. The van der Waals surface area contributed by atoms with Gasteiger partial charge in [-0.05, 0) is 84.2 Å². The number of piperidine rings is 1. The number of rotatable bonds is 12. The van der Waals surface area contributed by atoms with Gasteiger partial charge in [0.1, 0.15) is 0 Å². The maximum Gasteiger partial charge on any atom is 0.264 e. The fourth-order valence-corrected chi connectivity index (χ4v) is 10.1. The van der Waals surface area contributed by atoms with Gasteiger partial charge in [-0.2, -0.15) is 0 Å². The Morgan fingerprint density at radius 2 is 1.98 bits per heavy atom. The second-order valence-electron chi connectivity index (χ2n) is 14.0. The summed E-state index contributed by atoms with van der Waals surface area (Å²) in [5.74, 6) is -0.503. The highest BCUT2D eigenvalue weighted by Gasteiger charge is 2.66. The maximum absolute atomic E-state index is 16.3. The van der Waals surface area contributed by atoms with Crippen LogP contribution < -0.4 is 9.80 Å². The number of aliphatic hydroxyl groups excluding tert-OH is 1. The van der Waals surface area contributed by atoms with Crippen molar-refractivity contribution in [1.82, 2.24) is 15.0 Å². The summed E-state index contributed by atoms with van der Waals surface area (Å²) in [7, 11) is -3.34. The number of aromatic nitrogens is 3. The highest BCUT2D eigenvalue weighted by atomic mass is 28.4. The summed E-state index contributed by atoms with van der Waals surface area (Å²) < 4.78 is 25.0. The van der Waals surface area contributed by atoms with Crippen molar-refractivity contribution in [3.63, 3.8) is 0 Å². The van der Waals surface area contributed by atoms with Crippen molar-refractivity contribution in [3.05, 3.63) is 59.0 Å². The molecule has 1 aromatic heterocycles. The molecule has 0 radical (unpaired) electrons. The summed E-state index contributed by atoms with van der Waals surface area (Å²) in [6.07, 6.45) is 10.7. The van der Waals surface area contributed by atoms with E-state index in [1.165, 1.54) is 11.1 Å². The number of carbonyl (C=O) groups is 2. The van der Waals surface area contributed by atoms with Gasteiger partial charge in [-0.3, -0.25) is 14.3 Å². The third-order valence-electron chi connectivity index (χ3n) is 9.89. The third-order valence-corrected chi connectivity index (χ3v) is 12.3. The van der Waals surface area contributed by atoms with E-state index in [-0.39, 0.29) is 18.4 Å². The van der Waals surface area contributed by atoms with Crippen LogP contribution in [0.25, 0.3) is 0 Å². The molecule has 5 rings (SSSR count). The van der Waals surface area contributed by atoms with E-state index in [9.17, 15) is 14.7 Å². The first-order chi connectivity index (χ1) is 21.9. The highest BCUT2D eigenvalue weighted by molar-refractivity contribution is 6.72. The Morgan fingerprint density at radius 3 is 2.67 bits per heavy atom. The topological polar surface area (TPSA) is 101 Å². The molecule has 3 aliphatic rings. The van der Waals surface area contributed by atoms with E-state index < -0.39 is 31.6 Å². The smallest absolute Gasteiger partial charge is 0.264 e. The highest BCUT2D eigenvalue weighted by Crippen LogP contribution is 2.60. The summed E-state index contributed by atoms with van der Waals surface area (Å²) in [6.45, 7) is 13.1. The first-order valence-electron chi connectivity index (χ1n) is 16.8. The van der Waals surface area contributed by atoms with Gasteiger partial charge in [-0.1, -0.05) is 35.4 Å². The Morgan fingerprint density at radius 1 is 1.20 bits per heavy atom. The second-order valence-corrected chi connectivity index (χ2v) is 17.8. The molecular formula is C35H50FN5O4Si. The number of amides is 2. The number of aryl methyl sites for hydroxylation is 1. The van der Waals surface area contributed by atoms with Crippen LogP contribution in [0.5, 0.6) is 0 Å². The molecule has 2 amide bonds. The average Bonchev–Trinajstić information content (AvgIpc) is 3.64. The molecule has 2 aromatic rings. The van der Waals surface area contributed by atoms with Crippen LogP contribution in [0.3, 0.4) is 0 Å². The lowest BCUT2D eigenvalue weighted by Gasteiger charge is -2.32. The van der Waals surface area contributed by atoms with E-state index in [1.54, 1.807) is 28.9 Å². The number of hydrogen-bond donors (Lipinski definition) is 1. The van der Waals surface area contributed by atoms with Gasteiger partial charge in [0.15, 0.2) is 5.60 Å². The SMILES string of the molecule is CC(C)=CCC/C(C)=C/CN1C(=O)[C@]2(O[C@H](CCn3cc(CCO)nn3)[C@@H]([Si](C)(C)F)[C@@H]2C)c2cc(N3CCCCC3=O)ccc21. The fraction of sp³-hybridized carbons (Fsp3) is 0.600. The number of ether oxygens (including phenoxy) is 1. The van der Waals surface area contributed by atoms with E-state index in [0.29, 0.717) is 44.6 Å². The monoisotopic (exact) mass is 651 g/mol. The number of nitrogens with zero attached hydrogens (tertiary/aromatic N) is 5. The number of fused-ring (bicyclic) bond motifs is 2. The van der Waals surface area contributed by atoms with Gasteiger partial charge in [0, 0.05) is 68.0 Å². The predicted octanol–water partition coefficient (Wildman–Crippen LogP) is 6.23. The molecular weight excluding hydrogens is 602 g/mol. The van der Waals surface area contributed by atoms with Crippen molar-refractivity contribution in [3.8, 4) is 0 Å². The lowest BCUT2D eigenvalue weighted by atomic mass is 9.82. The third kappa shape index (κ3) is 6.77. The molecule has 11 heteroatoms. The quantitative estimate of drug-likeness (QED) is 0.166. The van der Waals surface area contributed by atoms with Crippen LogP contribution in [0.4, 0.5) is 15.5 Å². The Bertz CT molecular complexity index is 1500. The van der Waals surface area contributed by atoms with Gasteiger partial charge < -0.3 is 23.8 Å². The van der Waals surface area contributed by atoms with Crippen LogP contribution in [-0.2, 0) is 32.9 Å². The van der Waals surface area contributed by atoms with Gasteiger partial charge in [-0.15, -0.1) is 5.10 Å². The molecule has 9 nitrogen and oxygen atoms in total. The number of allylic oxidation sites excluding steroid dienone is 3. The van der Waals surface area contributed by atoms with Crippen LogP contribution in [0.15, 0.2) is 47.7 Å². The number of anilines is 2. The number of carbonyl (C=O) groups excluding carboxylic acids is 2. The predicted molar refractivity (Wildman–Crippen MR) is 181 cm³/mol. The summed E-state index contributed by atoms with van der Waals surface area (Å²) in [4.78, 5) is 31.3. The molecule has 2 saturated heterocycles. The summed E-state index contributed by atoms with van der Waals surface area (Å²) in [5.41, 5.74) is 3.63. The first-order valence-corrected chi connectivity index (χ1v) is 19.7. The van der Waals surface area contributed by atoms with E-state index in [0.717, 1.165) is 42.6 Å². The molecule has 0 unspecified atom stereocenters. The van der Waals surface area contributed by atoms with Crippen molar-refractivity contribution in [1.29, 1.82) is 0 Å². The molecule has 1 spiro atoms. The van der Waals surface area contributed by atoms with E-state index in [1.807, 2.05) is 30.0 Å². The van der Waals surface area contributed by atoms with Gasteiger partial charge in [0.05, 0.1) is 17.5 Å². The minimum absolute atomic E-state index is 0.0125. The molecule has 250 valence electrons. The van der Waals surface area contributed by atoms with E-state index in [2.05, 4.69) is 43.2 Å². The minimum atomic E-state index is -3.34. The number of benzene rings is 1. The van der Waals surface area contributed by atoms with Gasteiger partial charge in [0.2, 0.25) is 14.3 Å². The van der Waals surface area contributed by atoms with Gasteiger partial charge >= 0.3 is 0 Å². The Labute approximate surface area is 273 Å². The van der Waals surface area contributed by atoms with Crippen molar-refractivity contribution in [2.45, 2.75) is 110 Å². The van der Waals surface area contributed by atoms with Gasteiger partial charge in [-0.25, -0.2) is 0 Å². The molecule has 46 heavy (non-hydrogen) atoms. The van der Waals surface area contributed by atoms with Crippen molar-refractivity contribution in [2.24, 2.45) is 5.92 Å². The fourth-order valence-electron chi connectivity index (χ4n) is 7.61. The van der Waals surface area contributed by atoms with Crippen LogP contribution in [0, 0.1) is 5.92 Å². The lowest BCUT2D eigenvalue weighted by Crippen LogP contribution is -2.45. The molecule has 0 bridgehead atoms. The Balaban J connectivity index is 1.52. The summed E-state index contributed by atoms with van der Waals surface area (Å²) >= 11 is 0. The second kappa shape index (κ2) is 13.9. The molecule has 4 atom stereocenters. The summed E-state index contributed by atoms with van der Waals surface area (Å²) in [6, 6.07) is 5.84.